The second-order valence-corrected chi connectivity index (χ2v) is 8.21. The summed E-state index contributed by atoms with van der Waals surface area (Å²) in [6.07, 6.45) is 14.1. The maximum atomic E-state index is 13.0. The molecule has 3 atom stereocenters. The lowest BCUT2D eigenvalue weighted by Crippen LogP contribution is -2.45. The number of rotatable bonds is 4. The van der Waals surface area contributed by atoms with Crippen LogP contribution < -0.4 is 5.32 Å². The third-order valence-corrected chi connectivity index (χ3v) is 7.14. The monoisotopic (exact) mass is 285 g/mol. The van der Waals surface area contributed by atoms with Crippen molar-refractivity contribution in [3.63, 3.8) is 0 Å². The van der Waals surface area contributed by atoms with E-state index in [2.05, 4.69) is 12.2 Å². The third-order valence-electron chi connectivity index (χ3n) is 4.85. The summed E-state index contributed by atoms with van der Waals surface area (Å²) in [4.78, 5) is 0. The van der Waals surface area contributed by atoms with Crippen LogP contribution in [0, 0.1) is 0 Å². The van der Waals surface area contributed by atoms with E-state index < -0.39 is 10.8 Å². The molecular weight excluding hydrogens is 254 g/mol. The summed E-state index contributed by atoms with van der Waals surface area (Å²) >= 11 is 0. The second kappa shape index (κ2) is 8.41. The number of hydrogen-bond donors (Lipinski definition) is 1. The van der Waals surface area contributed by atoms with Gasteiger partial charge in [-0.25, -0.2) is 0 Å². The first-order valence-corrected chi connectivity index (χ1v) is 9.73. The van der Waals surface area contributed by atoms with Crippen LogP contribution in [0.1, 0.15) is 77.6 Å². The molecule has 2 aliphatic rings. The average Bonchev–Trinajstić information content (AvgIpc) is 2.43. The molecule has 0 aliphatic heterocycles. The second-order valence-electron chi connectivity index (χ2n) is 6.28. The molecule has 0 amide bonds. The van der Waals surface area contributed by atoms with E-state index >= 15 is 0 Å². The van der Waals surface area contributed by atoms with Gasteiger partial charge in [-0.05, 0) is 32.2 Å². The topological polar surface area (TPSA) is 29.1 Å². The lowest BCUT2D eigenvalue weighted by atomic mass is 9.96. The molecule has 0 aromatic carbocycles. The lowest BCUT2D eigenvalue weighted by molar-refractivity contribution is 0.396. The summed E-state index contributed by atoms with van der Waals surface area (Å²) in [6.45, 7) is 3.20. The molecule has 0 bridgehead atoms. The molecule has 2 nitrogen and oxygen atoms in total. The smallest absolute Gasteiger partial charge is 0.0504 e. The van der Waals surface area contributed by atoms with Crippen LogP contribution in [-0.2, 0) is 10.8 Å². The zero-order chi connectivity index (χ0) is 13.5. The van der Waals surface area contributed by atoms with E-state index in [1.165, 1.54) is 70.6 Å². The van der Waals surface area contributed by atoms with Crippen LogP contribution >= 0.6 is 0 Å². The molecule has 0 aromatic rings. The lowest BCUT2D eigenvalue weighted by Gasteiger charge is -2.33. The Hall–Kier alpha value is 0.110. The van der Waals surface area contributed by atoms with E-state index in [-0.39, 0.29) is 0 Å². The molecule has 0 aromatic heterocycles. The van der Waals surface area contributed by atoms with Crippen LogP contribution in [0.3, 0.4) is 0 Å². The Morgan fingerprint density at radius 1 is 0.895 bits per heavy atom. The van der Waals surface area contributed by atoms with Crippen molar-refractivity contribution in [2.45, 2.75) is 94.1 Å². The van der Waals surface area contributed by atoms with Crippen molar-refractivity contribution >= 4 is 10.8 Å². The number of nitrogens with one attached hydrogen (secondary N) is 1. The maximum absolute atomic E-state index is 13.0. The van der Waals surface area contributed by atoms with Crippen LogP contribution in [0.2, 0.25) is 0 Å². The standard InChI is InChI=1S/C16H31NOS/c1-2-17-15-12-8-3-4-9-13-16(15)19(18)14-10-6-5-7-11-14/h14-17H,2-13H2,1H3. The van der Waals surface area contributed by atoms with Gasteiger partial charge in [0.1, 0.15) is 0 Å². The molecule has 1 N–H and O–H groups in total. The summed E-state index contributed by atoms with van der Waals surface area (Å²) in [5, 5.41) is 4.55. The Morgan fingerprint density at radius 2 is 1.47 bits per heavy atom. The van der Waals surface area contributed by atoms with Crippen molar-refractivity contribution in [2.75, 3.05) is 6.54 Å². The minimum absolute atomic E-state index is 0.420. The summed E-state index contributed by atoms with van der Waals surface area (Å²) < 4.78 is 13.0. The van der Waals surface area contributed by atoms with E-state index in [9.17, 15) is 4.21 Å². The molecule has 2 saturated carbocycles. The van der Waals surface area contributed by atoms with E-state index in [1.807, 2.05) is 0 Å². The van der Waals surface area contributed by atoms with Crippen LogP contribution in [-0.4, -0.2) is 27.3 Å². The minimum Gasteiger partial charge on any atom is -0.313 e. The molecule has 2 fully saturated rings. The van der Waals surface area contributed by atoms with E-state index in [0.717, 1.165) is 6.54 Å². The van der Waals surface area contributed by atoms with Gasteiger partial charge in [-0.1, -0.05) is 51.9 Å². The first-order valence-electron chi connectivity index (χ1n) is 8.45. The Bertz CT molecular complexity index is 276. The van der Waals surface area contributed by atoms with Crippen molar-refractivity contribution in [2.24, 2.45) is 0 Å². The van der Waals surface area contributed by atoms with E-state index in [1.54, 1.807) is 0 Å². The number of hydrogen-bond acceptors (Lipinski definition) is 2. The van der Waals surface area contributed by atoms with Gasteiger partial charge in [0.25, 0.3) is 0 Å². The Labute approximate surface area is 121 Å². The predicted octanol–water partition coefficient (Wildman–Crippen LogP) is 3.77. The summed E-state index contributed by atoms with van der Waals surface area (Å²) in [5.41, 5.74) is 0. The quantitative estimate of drug-likeness (QED) is 0.852. The van der Waals surface area contributed by atoms with Gasteiger partial charge >= 0.3 is 0 Å². The molecule has 19 heavy (non-hydrogen) atoms. The molecule has 3 heteroatoms. The van der Waals surface area contributed by atoms with Crippen LogP contribution in [0.5, 0.6) is 0 Å². The van der Waals surface area contributed by atoms with Crippen molar-refractivity contribution in [1.82, 2.24) is 5.32 Å². The zero-order valence-corrected chi connectivity index (χ0v) is 13.4. The SMILES string of the molecule is CCNC1CCCCCCC1S(=O)C1CCCCC1. The first-order chi connectivity index (χ1) is 9.33. The Morgan fingerprint density at radius 3 is 2.16 bits per heavy atom. The molecule has 2 rings (SSSR count). The molecule has 2 aliphatic carbocycles. The van der Waals surface area contributed by atoms with Crippen molar-refractivity contribution in [1.29, 1.82) is 0 Å². The molecule has 0 radical (unpaired) electrons. The molecule has 3 unspecified atom stereocenters. The zero-order valence-electron chi connectivity index (χ0n) is 12.5. The fourth-order valence-electron chi connectivity index (χ4n) is 3.77. The van der Waals surface area contributed by atoms with Crippen molar-refractivity contribution in [3.8, 4) is 0 Å². The normalized spacial score (nSPS) is 32.5. The highest BCUT2D eigenvalue weighted by molar-refractivity contribution is 7.86. The fraction of sp³-hybridized carbons (Fsp3) is 1.00. The molecule has 112 valence electrons. The van der Waals surface area contributed by atoms with Gasteiger partial charge in [0.2, 0.25) is 0 Å². The largest absolute Gasteiger partial charge is 0.313 e. The molecule has 0 spiro atoms. The molecule has 0 saturated heterocycles. The average molecular weight is 285 g/mol. The van der Waals surface area contributed by atoms with E-state index in [0.29, 0.717) is 16.5 Å². The first kappa shape index (κ1) is 15.5. The van der Waals surface area contributed by atoms with Gasteiger partial charge in [0.15, 0.2) is 0 Å². The highest BCUT2D eigenvalue weighted by Gasteiger charge is 2.32. The van der Waals surface area contributed by atoms with Gasteiger partial charge in [0.05, 0.1) is 5.25 Å². The highest BCUT2D eigenvalue weighted by Crippen LogP contribution is 2.29. The van der Waals surface area contributed by atoms with Gasteiger partial charge in [-0.2, -0.15) is 0 Å². The van der Waals surface area contributed by atoms with Gasteiger partial charge in [-0.15, -0.1) is 0 Å². The minimum atomic E-state index is -0.606. The fourth-order valence-corrected chi connectivity index (χ4v) is 6.02. The molecule has 0 heterocycles. The van der Waals surface area contributed by atoms with Crippen molar-refractivity contribution in [3.05, 3.63) is 0 Å². The van der Waals surface area contributed by atoms with Crippen LogP contribution in [0.15, 0.2) is 0 Å². The maximum Gasteiger partial charge on any atom is 0.0504 e. The predicted molar refractivity (Wildman–Crippen MR) is 84.0 cm³/mol. The Balaban J connectivity index is 1.99. The van der Waals surface area contributed by atoms with Gasteiger partial charge < -0.3 is 5.32 Å². The van der Waals surface area contributed by atoms with Crippen molar-refractivity contribution < 1.29 is 4.21 Å². The van der Waals surface area contributed by atoms with Crippen LogP contribution in [0.4, 0.5) is 0 Å². The highest BCUT2D eigenvalue weighted by atomic mass is 32.2. The van der Waals surface area contributed by atoms with Gasteiger partial charge in [-0.3, -0.25) is 4.21 Å². The Kier molecular flexibility index (Phi) is 6.86. The third kappa shape index (κ3) is 4.56. The molecular formula is C16H31NOS. The summed E-state index contributed by atoms with van der Waals surface area (Å²) in [7, 11) is -0.606. The van der Waals surface area contributed by atoms with Gasteiger partial charge in [0, 0.05) is 22.1 Å². The van der Waals surface area contributed by atoms with E-state index in [4.69, 9.17) is 0 Å². The summed E-state index contributed by atoms with van der Waals surface area (Å²) in [6, 6.07) is 0.507. The summed E-state index contributed by atoms with van der Waals surface area (Å²) in [5.74, 6) is 0. The van der Waals surface area contributed by atoms with Crippen LogP contribution in [0.25, 0.3) is 0 Å².